The summed E-state index contributed by atoms with van der Waals surface area (Å²) in [5, 5.41) is 0. The van der Waals surface area contributed by atoms with Gasteiger partial charge in [0, 0.05) is 24.1 Å². The first-order chi connectivity index (χ1) is 8.67. The molecule has 1 fully saturated rings. The third kappa shape index (κ3) is 2.63. The van der Waals surface area contributed by atoms with E-state index in [2.05, 4.69) is 15.9 Å². The first-order valence-electron chi connectivity index (χ1n) is 5.92. The molecule has 0 aromatic heterocycles. The molecule has 0 radical (unpaired) electrons. The van der Waals surface area contributed by atoms with Gasteiger partial charge < -0.3 is 19.9 Å². The molecule has 0 amide bonds. The number of halogens is 1. The van der Waals surface area contributed by atoms with Gasteiger partial charge >= 0.3 is 0 Å². The van der Waals surface area contributed by atoms with E-state index < -0.39 is 0 Å². The molecule has 1 saturated heterocycles. The predicted octanol–water partition coefficient (Wildman–Crippen LogP) is 2.50. The van der Waals surface area contributed by atoms with Crippen LogP contribution < -0.4 is 15.2 Å². The van der Waals surface area contributed by atoms with E-state index in [0.29, 0.717) is 12.5 Å². The molecule has 2 rings (SSSR count). The van der Waals surface area contributed by atoms with Crippen LogP contribution in [0.4, 0.5) is 0 Å². The van der Waals surface area contributed by atoms with Crippen LogP contribution in [0, 0.1) is 5.92 Å². The fraction of sp³-hybridized carbons (Fsp3) is 0.538. The minimum atomic E-state index is -0.0931. The van der Waals surface area contributed by atoms with Crippen molar-refractivity contribution in [1.29, 1.82) is 0 Å². The molecule has 5 heteroatoms. The number of ether oxygens (including phenoxy) is 3. The van der Waals surface area contributed by atoms with Crippen molar-refractivity contribution < 1.29 is 14.2 Å². The Morgan fingerprint density at radius 1 is 1.33 bits per heavy atom. The minimum absolute atomic E-state index is 0.0931. The maximum atomic E-state index is 6.32. The SMILES string of the molecule is COc1cc(C(N)C2CCOC2)c(OC)cc1Br. The smallest absolute Gasteiger partial charge is 0.133 e. The molecule has 0 spiro atoms. The molecule has 1 aliphatic heterocycles. The average Bonchev–Trinajstić information content (AvgIpc) is 2.91. The second kappa shape index (κ2) is 5.91. The number of benzene rings is 1. The van der Waals surface area contributed by atoms with E-state index in [-0.39, 0.29) is 6.04 Å². The van der Waals surface area contributed by atoms with Crippen molar-refractivity contribution in [3.05, 3.63) is 22.2 Å². The zero-order chi connectivity index (χ0) is 13.1. The highest BCUT2D eigenvalue weighted by Crippen LogP contribution is 2.38. The van der Waals surface area contributed by atoms with Gasteiger partial charge in [-0.2, -0.15) is 0 Å². The summed E-state index contributed by atoms with van der Waals surface area (Å²) < 4.78 is 17.0. The van der Waals surface area contributed by atoms with Crippen molar-refractivity contribution in [2.75, 3.05) is 27.4 Å². The van der Waals surface area contributed by atoms with Crippen LogP contribution in [0.1, 0.15) is 18.0 Å². The number of hydrogen-bond acceptors (Lipinski definition) is 4. The Bertz CT molecular complexity index is 419. The molecule has 100 valence electrons. The summed E-state index contributed by atoms with van der Waals surface area (Å²) in [5.41, 5.74) is 7.29. The predicted molar refractivity (Wildman–Crippen MR) is 73.1 cm³/mol. The van der Waals surface area contributed by atoms with Crippen molar-refractivity contribution in [1.82, 2.24) is 0 Å². The highest BCUT2D eigenvalue weighted by Gasteiger charge is 2.27. The Balaban J connectivity index is 2.34. The lowest BCUT2D eigenvalue weighted by Gasteiger charge is -2.21. The Morgan fingerprint density at radius 3 is 2.61 bits per heavy atom. The fourth-order valence-corrected chi connectivity index (χ4v) is 2.72. The van der Waals surface area contributed by atoms with E-state index in [1.54, 1.807) is 14.2 Å². The molecule has 1 heterocycles. The van der Waals surface area contributed by atoms with Crippen LogP contribution in [-0.2, 0) is 4.74 Å². The molecule has 2 unspecified atom stereocenters. The molecular weight excluding hydrogens is 298 g/mol. The van der Waals surface area contributed by atoms with Crippen molar-refractivity contribution >= 4 is 15.9 Å². The molecule has 0 aliphatic carbocycles. The Labute approximate surface area is 116 Å². The lowest BCUT2D eigenvalue weighted by molar-refractivity contribution is 0.180. The zero-order valence-corrected chi connectivity index (χ0v) is 12.2. The van der Waals surface area contributed by atoms with Crippen molar-refractivity contribution in [3.63, 3.8) is 0 Å². The van der Waals surface area contributed by atoms with Crippen molar-refractivity contribution in [2.45, 2.75) is 12.5 Å². The summed E-state index contributed by atoms with van der Waals surface area (Å²) in [7, 11) is 3.29. The van der Waals surface area contributed by atoms with E-state index in [9.17, 15) is 0 Å². The zero-order valence-electron chi connectivity index (χ0n) is 10.6. The number of rotatable bonds is 4. The first kappa shape index (κ1) is 13.6. The maximum absolute atomic E-state index is 6.32. The monoisotopic (exact) mass is 315 g/mol. The van der Waals surface area contributed by atoms with Gasteiger partial charge in [-0.3, -0.25) is 0 Å². The van der Waals surface area contributed by atoms with Gasteiger partial charge in [0.05, 0.1) is 25.3 Å². The Morgan fingerprint density at radius 2 is 2.06 bits per heavy atom. The van der Waals surface area contributed by atoms with E-state index >= 15 is 0 Å². The van der Waals surface area contributed by atoms with Gasteiger partial charge in [-0.25, -0.2) is 0 Å². The topological polar surface area (TPSA) is 53.7 Å². The molecule has 0 saturated carbocycles. The summed E-state index contributed by atoms with van der Waals surface area (Å²) >= 11 is 3.44. The van der Waals surface area contributed by atoms with Crippen LogP contribution in [0.25, 0.3) is 0 Å². The average molecular weight is 316 g/mol. The van der Waals surface area contributed by atoms with Crippen LogP contribution >= 0.6 is 15.9 Å². The molecule has 1 aliphatic rings. The second-order valence-electron chi connectivity index (χ2n) is 4.38. The van der Waals surface area contributed by atoms with E-state index in [0.717, 1.165) is 34.6 Å². The Hall–Kier alpha value is -0.780. The standard InChI is InChI=1S/C13H18BrNO3/c1-16-11-6-10(14)12(17-2)5-9(11)13(15)8-3-4-18-7-8/h5-6,8,13H,3-4,7,15H2,1-2H3. The third-order valence-corrected chi connectivity index (χ3v) is 3.96. The van der Waals surface area contributed by atoms with Gasteiger partial charge in [-0.1, -0.05) is 0 Å². The molecule has 2 atom stereocenters. The van der Waals surface area contributed by atoms with E-state index in [4.69, 9.17) is 19.9 Å². The third-order valence-electron chi connectivity index (χ3n) is 3.34. The highest BCUT2D eigenvalue weighted by atomic mass is 79.9. The maximum Gasteiger partial charge on any atom is 0.133 e. The molecule has 1 aromatic rings. The normalized spacial score (nSPS) is 20.8. The summed E-state index contributed by atoms with van der Waals surface area (Å²) in [6.45, 7) is 1.50. The lowest BCUT2D eigenvalue weighted by Crippen LogP contribution is -2.22. The van der Waals surface area contributed by atoms with Crippen molar-refractivity contribution in [2.24, 2.45) is 11.7 Å². The van der Waals surface area contributed by atoms with Crippen LogP contribution in [0.3, 0.4) is 0 Å². The molecule has 1 aromatic carbocycles. The molecular formula is C13H18BrNO3. The minimum Gasteiger partial charge on any atom is -0.496 e. The van der Waals surface area contributed by atoms with Crippen LogP contribution in [-0.4, -0.2) is 27.4 Å². The molecule has 2 N–H and O–H groups in total. The van der Waals surface area contributed by atoms with Crippen molar-refractivity contribution in [3.8, 4) is 11.5 Å². The van der Waals surface area contributed by atoms with E-state index in [1.807, 2.05) is 12.1 Å². The van der Waals surface area contributed by atoms with Gasteiger partial charge in [0.2, 0.25) is 0 Å². The largest absolute Gasteiger partial charge is 0.496 e. The highest BCUT2D eigenvalue weighted by molar-refractivity contribution is 9.10. The summed E-state index contributed by atoms with van der Waals surface area (Å²) in [6, 6.07) is 3.74. The number of methoxy groups -OCH3 is 2. The molecule has 0 bridgehead atoms. The van der Waals surface area contributed by atoms with Gasteiger partial charge in [0.25, 0.3) is 0 Å². The van der Waals surface area contributed by atoms with Gasteiger partial charge in [0.15, 0.2) is 0 Å². The first-order valence-corrected chi connectivity index (χ1v) is 6.71. The van der Waals surface area contributed by atoms with E-state index in [1.165, 1.54) is 0 Å². The number of nitrogens with two attached hydrogens (primary N) is 1. The van der Waals surface area contributed by atoms with Crippen LogP contribution in [0.2, 0.25) is 0 Å². The van der Waals surface area contributed by atoms with Gasteiger partial charge in [-0.05, 0) is 34.5 Å². The quantitative estimate of drug-likeness (QED) is 0.927. The van der Waals surface area contributed by atoms with Gasteiger partial charge in [-0.15, -0.1) is 0 Å². The summed E-state index contributed by atoms with van der Waals surface area (Å²) in [6.07, 6.45) is 0.989. The van der Waals surface area contributed by atoms with Crippen LogP contribution in [0.5, 0.6) is 11.5 Å². The molecule has 4 nitrogen and oxygen atoms in total. The molecule has 18 heavy (non-hydrogen) atoms. The van der Waals surface area contributed by atoms with Gasteiger partial charge in [0.1, 0.15) is 11.5 Å². The summed E-state index contributed by atoms with van der Waals surface area (Å²) in [4.78, 5) is 0. The fourth-order valence-electron chi connectivity index (χ4n) is 2.23. The lowest BCUT2D eigenvalue weighted by atomic mass is 9.92. The Kier molecular flexibility index (Phi) is 4.48. The second-order valence-corrected chi connectivity index (χ2v) is 5.23. The van der Waals surface area contributed by atoms with Crippen LogP contribution in [0.15, 0.2) is 16.6 Å². The number of hydrogen-bond donors (Lipinski definition) is 1. The summed E-state index contributed by atoms with van der Waals surface area (Å²) in [5.74, 6) is 1.88.